The normalized spacial score (nSPS) is 11.8. The molecule has 0 spiro atoms. The summed E-state index contributed by atoms with van der Waals surface area (Å²) < 4.78 is 29.5. The fourth-order valence-electron chi connectivity index (χ4n) is 4.19. The molecule has 0 bridgehead atoms. The van der Waals surface area contributed by atoms with Gasteiger partial charge in [-0.25, -0.2) is 37.6 Å². The number of hydrogen-bond acceptors (Lipinski definition) is 7. The second-order valence-electron chi connectivity index (χ2n) is 8.76. The van der Waals surface area contributed by atoms with E-state index in [0.717, 1.165) is 9.31 Å². The van der Waals surface area contributed by atoms with Gasteiger partial charge in [0.15, 0.2) is 5.65 Å². The third-order valence-corrected chi connectivity index (χ3v) is 8.45. The first-order valence-electron chi connectivity index (χ1n) is 11.9. The van der Waals surface area contributed by atoms with E-state index in [4.69, 9.17) is 23.2 Å². The minimum atomic E-state index is -4.21. The van der Waals surface area contributed by atoms with Crippen molar-refractivity contribution < 1.29 is 13.2 Å². The fourth-order valence-corrected chi connectivity index (χ4v) is 5.52. The Bertz CT molecular complexity index is 1830. The first-order valence-corrected chi connectivity index (χ1v) is 14.1. The smallest absolute Gasteiger partial charge is 0.267 e. The highest BCUT2D eigenvalue weighted by Crippen LogP contribution is 2.38. The second-order valence-corrected chi connectivity index (χ2v) is 11.7. The summed E-state index contributed by atoms with van der Waals surface area (Å²) in [5, 5.41) is 6.15. The van der Waals surface area contributed by atoms with Crippen LogP contribution in [0.5, 0.6) is 0 Å². The van der Waals surface area contributed by atoms with E-state index in [2.05, 4.69) is 20.5 Å². The predicted molar refractivity (Wildman–Crippen MR) is 155 cm³/mol. The molecule has 0 atom stereocenters. The van der Waals surface area contributed by atoms with Crippen LogP contribution in [0.2, 0.25) is 10.0 Å². The van der Waals surface area contributed by atoms with Gasteiger partial charge in [0.25, 0.3) is 15.9 Å². The highest BCUT2D eigenvalue weighted by Gasteiger charge is 2.36. The van der Waals surface area contributed by atoms with Gasteiger partial charge in [0.1, 0.15) is 11.4 Å². The van der Waals surface area contributed by atoms with Gasteiger partial charge < -0.3 is 0 Å². The lowest BCUT2D eigenvalue weighted by atomic mass is 10.0. The zero-order chi connectivity index (χ0) is 28.6. The highest BCUT2D eigenvalue weighted by molar-refractivity contribution is 7.89. The number of anilines is 1. The zero-order valence-electron chi connectivity index (χ0n) is 21.6. The summed E-state index contributed by atoms with van der Waals surface area (Å²) in [5.41, 5.74) is 4.94. The summed E-state index contributed by atoms with van der Waals surface area (Å²) in [4.78, 5) is 22.8. The van der Waals surface area contributed by atoms with Gasteiger partial charge in [-0.1, -0.05) is 59.6 Å². The summed E-state index contributed by atoms with van der Waals surface area (Å²) in [6, 6.07) is 19.2. The van der Waals surface area contributed by atoms with Gasteiger partial charge in [0, 0.05) is 60.3 Å². The Labute approximate surface area is 240 Å². The van der Waals surface area contributed by atoms with Crippen LogP contribution < -0.4 is 10.4 Å². The molecular formula is C27H23Cl2N7O3S. The van der Waals surface area contributed by atoms with Crippen LogP contribution in [-0.4, -0.2) is 59.4 Å². The number of amides is 1. The number of carbonyl (C=O) groups excluding carboxylic acids is 1. The van der Waals surface area contributed by atoms with E-state index in [1.54, 1.807) is 60.8 Å². The second kappa shape index (κ2) is 11.0. The molecule has 5 rings (SSSR count). The van der Waals surface area contributed by atoms with Gasteiger partial charge in [0.2, 0.25) is 5.03 Å². The van der Waals surface area contributed by atoms with E-state index >= 15 is 0 Å². The molecular weight excluding hydrogens is 573 g/mol. The molecule has 0 aliphatic rings. The van der Waals surface area contributed by atoms with E-state index in [9.17, 15) is 13.2 Å². The number of halogens is 2. The fraction of sp³-hybridized carbons (Fsp3) is 0.111. The number of hydrazine groups is 1. The Kier molecular flexibility index (Phi) is 7.58. The predicted octanol–water partition coefficient (Wildman–Crippen LogP) is 4.80. The van der Waals surface area contributed by atoms with Crippen molar-refractivity contribution >= 4 is 50.6 Å². The molecule has 0 saturated carbocycles. The number of aromatic nitrogens is 4. The number of rotatable bonds is 7. The van der Waals surface area contributed by atoms with Crippen molar-refractivity contribution in [1.29, 1.82) is 0 Å². The quantitative estimate of drug-likeness (QED) is 0.269. The number of hydrogen-bond donors (Lipinski definition) is 1. The molecule has 13 heteroatoms. The van der Waals surface area contributed by atoms with Crippen LogP contribution in [0.15, 0.2) is 84.1 Å². The minimum Gasteiger partial charge on any atom is -0.267 e. The maximum atomic E-state index is 14.1. The lowest BCUT2D eigenvalue weighted by Gasteiger charge is -2.20. The van der Waals surface area contributed by atoms with Gasteiger partial charge >= 0.3 is 0 Å². The summed E-state index contributed by atoms with van der Waals surface area (Å²) >= 11 is 12.7. The first kappa shape index (κ1) is 27.7. The Morgan fingerprint density at radius 3 is 2.25 bits per heavy atom. The Morgan fingerprint density at radius 1 is 0.925 bits per heavy atom. The first-order chi connectivity index (χ1) is 19.1. The summed E-state index contributed by atoms with van der Waals surface area (Å²) in [5.74, 6) is -0.454. The van der Waals surface area contributed by atoms with E-state index < -0.39 is 21.0 Å². The Hall–Kier alpha value is -3.87. The minimum absolute atomic E-state index is 0.0300. The lowest BCUT2D eigenvalue weighted by molar-refractivity contribution is 0.0974. The molecule has 0 aliphatic heterocycles. The van der Waals surface area contributed by atoms with Gasteiger partial charge in [-0.15, -0.1) is 0 Å². The summed E-state index contributed by atoms with van der Waals surface area (Å²) in [6.45, 7) is 0. The molecule has 204 valence electrons. The van der Waals surface area contributed by atoms with E-state index in [1.165, 1.54) is 31.9 Å². The Morgan fingerprint density at radius 2 is 1.62 bits per heavy atom. The monoisotopic (exact) mass is 595 g/mol. The van der Waals surface area contributed by atoms with Crippen LogP contribution in [0.1, 0.15) is 10.4 Å². The third kappa shape index (κ3) is 4.82. The van der Waals surface area contributed by atoms with Crippen molar-refractivity contribution in [3.63, 3.8) is 0 Å². The van der Waals surface area contributed by atoms with Crippen LogP contribution in [0.25, 0.3) is 28.0 Å². The largest absolute Gasteiger partial charge is 0.280 e. The molecule has 3 heterocycles. The lowest BCUT2D eigenvalue weighted by Crippen LogP contribution is -2.42. The summed E-state index contributed by atoms with van der Waals surface area (Å²) in [7, 11) is 0.0491. The van der Waals surface area contributed by atoms with Crippen molar-refractivity contribution in [2.45, 2.75) is 5.03 Å². The van der Waals surface area contributed by atoms with Crippen molar-refractivity contribution in [2.24, 2.45) is 0 Å². The summed E-state index contributed by atoms with van der Waals surface area (Å²) in [6.07, 6.45) is 3.07. The van der Waals surface area contributed by atoms with Crippen molar-refractivity contribution in [3.8, 4) is 22.4 Å². The number of sulfonamides is 1. The average molecular weight is 597 g/mol. The molecule has 1 amide bonds. The molecule has 0 radical (unpaired) electrons. The van der Waals surface area contributed by atoms with Crippen LogP contribution in [0, 0.1) is 0 Å². The number of fused-ring (bicyclic) bond motifs is 1. The third-order valence-electron chi connectivity index (χ3n) is 6.14. The zero-order valence-corrected chi connectivity index (χ0v) is 23.9. The molecule has 40 heavy (non-hydrogen) atoms. The Balaban J connectivity index is 1.89. The molecule has 1 N–H and O–H groups in total. The van der Waals surface area contributed by atoms with Crippen LogP contribution in [0.4, 0.5) is 5.82 Å². The van der Waals surface area contributed by atoms with E-state index in [1.807, 2.05) is 12.1 Å². The van der Waals surface area contributed by atoms with Gasteiger partial charge in [-0.2, -0.15) is 5.10 Å². The highest BCUT2D eigenvalue weighted by atomic mass is 35.5. The van der Waals surface area contributed by atoms with Gasteiger partial charge in [0.05, 0.1) is 5.69 Å². The molecule has 0 aliphatic carbocycles. The van der Waals surface area contributed by atoms with Crippen LogP contribution >= 0.6 is 23.2 Å². The maximum Gasteiger partial charge on any atom is 0.280 e. The standard InChI is InChI=1S/C27H23Cl2N7O3S/c1-30-35(22-10-6-7-15-31-22)27(37)23-25-32-16-20(19-8-4-5-9-21(19)29)24(17-11-13-18(28)14-12-17)36(25)33-26(23)40(38,39)34(2)3/h4-16,30H,1-3H3. The number of benzene rings is 2. The van der Waals surface area contributed by atoms with E-state index in [0.29, 0.717) is 32.4 Å². The molecule has 2 aromatic carbocycles. The number of nitrogens with one attached hydrogen (secondary N) is 1. The van der Waals surface area contributed by atoms with Gasteiger partial charge in [-0.3, -0.25) is 4.79 Å². The molecule has 10 nitrogen and oxygen atoms in total. The molecule has 3 aromatic heterocycles. The molecule has 5 aromatic rings. The topological polar surface area (TPSA) is 113 Å². The number of carbonyl (C=O) groups is 1. The van der Waals surface area contributed by atoms with E-state index in [-0.39, 0.29) is 17.0 Å². The molecule has 0 unspecified atom stereocenters. The maximum absolute atomic E-state index is 14.1. The van der Waals surface area contributed by atoms with Crippen molar-refractivity contribution in [3.05, 3.63) is 94.7 Å². The number of nitrogens with zero attached hydrogens (tertiary/aromatic N) is 6. The average Bonchev–Trinajstić information content (AvgIpc) is 3.35. The molecule has 0 fully saturated rings. The van der Waals surface area contributed by atoms with Crippen molar-refractivity contribution in [1.82, 2.24) is 29.3 Å². The van der Waals surface area contributed by atoms with Crippen LogP contribution in [0.3, 0.4) is 0 Å². The van der Waals surface area contributed by atoms with Crippen LogP contribution in [-0.2, 0) is 10.0 Å². The van der Waals surface area contributed by atoms with Gasteiger partial charge in [-0.05, 0) is 30.3 Å². The van der Waals surface area contributed by atoms with Crippen molar-refractivity contribution in [2.75, 3.05) is 26.2 Å². The SMILES string of the molecule is CNN(C(=O)c1c(S(=O)(=O)N(C)C)nn2c(-c3ccc(Cl)cc3)c(-c3ccccc3Cl)cnc12)c1ccccn1. The molecule has 0 saturated heterocycles. The number of pyridine rings is 1.